The Morgan fingerprint density at radius 2 is 0.143 bits per heavy atom. The largest absolute Gasteiger partial charge is 0.822 e. The van der Waals surface area contributed by atoms with Gasteiger partial charge in [0, 0.05) is 125 Å². The van der Waals surface area contributed by atoms with E-state index in [0.717, 1.165) is 0 Å². The summed E-state index contributed by atoms with van der Waals surface area (Å²) >= 11 is 0. The first-order chi connectivity index (χ1) is 37.5. The maximum atomic E-state index is 8.55. The highest BCUT2D eigenvalue weighted by Gasteiger charge is 1.49. The van der Waals surface area contributed by atoms with E-state index in [-0.39, 0.29) is 0 Å². The summed E-state index contributed by atoms with van der Waals surface area (Å²) in [6, 6.07) is 0. The molecule has 0 heterocycles. The molecule has 48 heteroatoms. The highest BCUT2D eigenvalue weighted by Crippen LogP contribution is 2.05. The zero-order chi connectivity index (χ0) is 75.7. The van der Waals surface area contributed by atoms with Crippen LogP contribution in [0.25, 0.3) is 0 Å². The van der Waals surface area contributed by atoms with Gasteiger partial charge in [-0.15, -0.1) is 0 Å². The number of phosphoric acid groups is 6. The van der Waals surface area contributed by atoms with E-state index in [2.05, 4.69) is 0 Å². The van der Waals surface area contributed by atoms with Crippen LogP contribution in [0.4, 0.5) is 0 Å². The Kier molecular flexibility index (Phi) is 366. The molecule has 0 atom stereocenters. The monoisotopic (exact) mass is 1420 g/mol. The molecular formula is C36H126O42P6. The van der Waals surface area contributed by atoms with Gasteiger partial charge in [-0.05, 0) is 0 Å². The smallest absolute Gasteiger partial charge is 0.140 e. The minimum atomic E-state index is -5.39. The molecule has 0 aliphatic heterocycles. The van der Waals surface area contributed by atoms with Gasteiger partial charge in [-0.1, -0.05) is 0 Å². The van der Waals surface area contributed by atoms with Crippen LogP contribution < -0.4 is 88.1 Å². The van der Waals surface area contributed by atoms with E-state index in [4.69, 9.17) is 207 Å². The third-order valence-corrected chi connectivity index (χ3v) is 0. The van der Waals surface area contributed by atoms with Crippen LogP contribution in [0.3, 0.4) is 0 Å². The highest BCUT2D eigenvalue weighted by molar-refractivity contribution is 7.41. The van der Waals surface area contributed by atoms with Crippen molar-refractivity contribution in [3.8, 4) is 0 Å². The lowest BCUT2D eigenvalue weighted by Crippen LogP contribution is -2.24. The first-order valence-corrected chi connectivity index (χ1v) is 32.2. The van der Waals surface area contributed by atoms with Crippen molar-refractivity contribution in [2.24, 2.45) is 0 Å². The van der Waals surface area contributed by atoms with Gasteiger partial charge in [0.15, 0.2) is 0 Å². The number of hydrogen-bond donors (Lipinski definition) is 0. The molecule has 42 nitrogen and oxygen atoms in total. The van der Waals surface area contributed by atoms with Gasteiger partial charge >= 0.3 is 0 Å². The first-order valence-electron chi connectivity index (χ1n) is 23.5. The fraction of sp³-hybridized carbons (Fsp3) is 1.00. The van der Waals surface area contributed by atoms with Gasteiger partial charge in [0.05, 0.1) is 0 Å². The van der Waals surface area contributed by atoms with Crippen LogP contribution >= 0.6 is 46.9 Å². The molecule has 0 amide bonds. The van der Waals surface area contributed by atoms with Crippen molar-refractivity contribution in [3.05, 3.63) is 0 Å². The molecule has 0 bridgehead atoms. The fourth-order valence-corrected chi connectivity index (χ4v) is 0. The maximum Gasteiger partial charge on any atom is 0.140 e. The lowest BCUT2D eigenvalue weighted by molar-refractivity contribution is -0.434. The molecule has 0 aliphatic rings. The normalized spacial score (nSPS) is 8.07. The Labute approximate surface area is 497 Å². The van der Waals surface area contributed by atoms with Crippen LogP contribution in [0.5, 0.6) is 0 Å². The van der Waals surface area contributed by atoms with Crippen LogP contribution in [0.1, 0.15) is 125 Å². The average Bonchev–Trinajstić information content (AvgIpc) is 3.20. The predicted molar refractivity (Wildman–Crippen MR) is 300 cm³/mol. The van der Waals surface area contributed by atoms with Crippen LogP contribution in [-0.2, 0) is 27.4 Å². The summed E-state index contributed by atoms with van der Waals surface area (Å²) in [5, 5.41) is 112. The van der Waals surface area contributed by atoms with Gasteiger partial charge in [0.1, 0.15) is 119 Å². The minimum absolute atomic E-state index is 0.500. The quantitative estimate of drug-likeness (QED) is 0.160. The highest BCUT2D eigenvalue weighted by atomic mass is 31.2. The molecule has 552 valence electrons. The molecule has 36 N–H and O–H groups in total. The Morgan fingerprint density at radius 1 is 0.143 bits per heavy atom. The Hall–Kier alpha value is -0.0600. The van der Waals surface area contributed by atoms with Gasteiger partial charge in [-0.25, -0.2) is 0 Å². The third-order valence-electron chi connectivity index (χ3n) is 0. The Morgan fingerprint density at radius 3 is 0.143 bits per heavy atom. The zero-order valence-electron chi connectivity index (χ0n) is 52.2. The summed E-state index contributed by atoms with van der Waals surface area (Å²) in [5.41, 5.74) is 0. The van der Waals surface area contributed by atoms with Crippen molar-refractivity contribution >= 4 is 46.9 Å². The van der Waals surface area contributed by atoms with Crippen LogP contribution in [0, 0.1) is 0 Å². The molecule has 0 aromatic carbocycles. The van der Waals surface area contributed by atoms with Crippen molar-refractivity contribution in [1.29, 1.82) is 0 Å². The van der Waals surface area contributed by atoms with Crippen molar-refractivity contribution in [1.82, 2.24) is 0 Å². The second kappa shape index (κ2) is 191. The van der Waals surface area contributed by atoms with E-state index >= 15 is 0 Å². The molecule has 0 rings (SSSR count). The molecule has 0 spiro atoms. The van der Waals surface area contributed by atoms with Gasteiger partial charge in [0.2, 0.25) is 0 Å². The fourth-order valence-electron chi connectivity index (χ4n) is 0. The van der Waals surface area contributed by atoms with E-state index in [9.17, 15) is 0 Å². The van der Waals surface area contributed by atoms with E-state index in [0.29, 0.717) is 119 Å². The van der Waals surface area contributed by atoms with E-state index in [1.54, 1.807) is 125 Å². The molecule has 0 radical (unpaired) electrons. The molecule has 0 saturated heterocycles. The summed E-state index contributed by atoms with van der Waals surface area (Å²) in [5.74, 6) is 0. The topological polar surface area (TPSA) is 930 Å². The van der Waals surface area contributed by atoms with Gasteiger partial charge in [-0.3, -0.25) is 0 Å². The van der Waals surface area contributed by atoms with E-state index < -0.39 is 46.9 Å². The molecule has 0 fully saturated rings. The summed E-state index contributed by atoms with van der Waals surface area (Å²) in [4.78, 5) is 154. The Balaban J connectivity index is -0.0000000204. The van der Waals surface area contributed by atoms with E-state index in [1.807, 2.05) is 0 Å². The maximum absolute atomic E-state index is 8.55. The lowest BCUT2D eigenvalue weighted by atomic mass is 10.9. The zero-order valence-corrected chi connectivity index (χ0v) is 57.6. The van der Waals surface area contributed by atoms with Gasteiger partial charge in [-0.2, -0.15) is 46.9 Å². The lowest BCUT2D eigenvalue weighted by Gasteiger charge is -2.36. The molecule has 0 aromatic heterocycles. The average molecular weight is 1420 g/mol. The van der Waals surface area contributed by atoms with Crippen molar-refractivity contribution < 1.29 is 207 Å². The second-order valence-electron chi connectivity index (χ2n) is 9.05. The third kappa shape index (κ3) is 149000000. The number of rotatable bonds is 0. The molecule has 0 unspecified atom stereocenters. The van der Waals surface area contributed by atoms with Crippen molar-refractivity contribution in [2.45, 2.75) is 125 Å². The summed E-state index contributed by atoms with van der Waals surface area (Å²) in [6.45, 7) is 41.2. The minimum Gasteiger partial charge on any atom is -0.822 e. The summed E-state index contributed by atoms with van der Waals surface area (Å²) < 4.78 is 51.3. The molecule has 0 aromatic rings. The summed E-state index contributed by atoms with van der Waals surface area (Å²) in [6.07, 6.45) is 0. The number of hydrogen-bond acceptors (Lipinski definition) is 24. The molecular weight excluding hydrogens is 1290 g/mol. The molecule has 0 saturated carbocycles. The SMILES string of the molecule is CC[OH2+].CC[OH2+].CC[OH2+].CC[OH2+].CC[OH2+].CC[OH2+].CC[OH2+].CC[OH2+].CC[OH2+].CC[OH2+].CC[OH2+].CC[OH2+].CC[OH2+].CC[OH2+].CC[OH2+].CC[OH2+].CC[OH2+].CC[OH2+].O=P([O-])([O-])[O-].O=P([O-])([O-])[O-].O=P([O-])([O-])[O-].O=P([O-])([O-])[O-].O=P([O-])([O-])[O-].O=P([O-])([O-])[O-]. The van der Waals surface area contributed by atoms with Gasteiger partial charge < -0.3 is 207 Å². The standard InChI is InChI=1S/18C2H6O.6H3O4P/c18*1-2-3;6*1-5(2,3)4/h18*3H,2H2,1H3;6*(H3,1,2,3,4). The second-order valence-corrected chi connectivity index (χ2v) is 14.4. The van der Waals surface area contributed by atoms with Crippen molar-refractivity contribution in [3.63, 3.8) is 0 Å². The van der Waals surface area contributed by atoms with Crippen LogP contribution in [0.15, 0.2) is 0 Å². The summed E-state index contributed by atoms with van der Waals surface area (Å²) in [7, 11) is -32.3. The Bertz CT molecular complexity index is 738. The molecule has 84 heavy (non-hydrogen) atoms. The van der Waals surface area contributed by atoms with Crippen LogP contribution in [0.2, 0.25) is 0 Å². The first kappa shape index (κ1) is 161. The predicted octanol–water partition coefficient (Wildman–Crippen LogP) is -21.8. The van der Waals surface area contributed by atoms with Crippen molar-refractivity contribution in [2.75, 3.05) is 119 Å². The van der Waals surface area contributed by atoms with Gasteiger partial charge in [0.25, 0.3) is 0 Å². The molecule has 0 aliphatic carbocycles. The van der Waals surface area contributed by atoms with Crippen LogP contribution in [-0.4, -0.2) is 211 Å². The van der Waals surface area contributed by atoms with E-state index in [1.165, 1.54) is 0 Å².